The normalized spacial score (nSPS) is 12.5. The van der Waals surface area contributed by atoms with E-state index < -0.39 is 5.60 Å². The van der Waals surface area contributed by atoms with E-state index in [1.165, 1.54) is 0 Å². The summed E-state index contributed by atoms with van der Waals surface area (Å²) in [6.45, 7) is 9.30. The molecule has 3 nitrogen and oxygen atoms in total. The molecule has 1 N–H and O–H groups in total. The predicted molar refractivity (Wildman–Crippen MR) is 98.1 cm³/mol. The summed E-state index contributed by atoms with van der Waals surface area (Å²) in [5.74, 6) is -0.306. The maximum Gasteiger partial charge on any atom is 0.199 e. The van der Waals surface area contributed by atoms with E-state index in [1.54, 1.807) is 42.5 Å². The highest BCUT2D eigenvalue weighted by molar-refractivity contribution is 6.02. The lowest BCUT2D eigenvalue weighted by Gasteiger charge is -2.26. The fourth-order valence-corrected chi connectivity index (χ4v) is 2.30. The molecule has 1 atom stereocenters. The molecule has 0 aliphatic heterocycles. The Morgan fingerprint density at radius 3 is 1.96 bits per heavy atom. The number of hydrogen-bond acceptors (Lipinski definition) is 3. The molecule has 3 heteroatoms. The van der Waals surface area contributed by atoms with E-state index in [9.17, 15) is 9.90 Å². The number of hydrogen-bond donors (Lipinski definition) is 1. The molecule has 2 rings (SSSR count). The standard InChI is InChI=1S/C17H16O2.C4H10O/c1-2-13-17(19,15-11-7-4-8-12-15)16(18)14-9-5-3-6-10-14;1-3-5-4-2/h2-12,19H,1,13H2;3-4H2,1-2H3. The molecule has 0 saturated heterocycles. The van der Waals surface area contributed by atoms with Gasteiger partial charge in [-0.3, -0.25) is 4.79 Å². The van der Waals surface area contributed by atoms with Crippen LogP contribution in [0.1, 0.15) is 36.2 Å². The highest BCUT2D eigenvalue weighted by Crippen LogP contribution is 2.29. The first-order chi connectivity index (χ1) is 11.6. The van der Waals surface area contributed by atoms with Gasteiger partial charge in [0.05, 0.1) is 0 Å². The topological polar surface area (TPSA) is 46.5 Å². The number of Topliss-reactive ketones (excluding diaryl/α,β-unsaturated/α-hetero) is 1. The van der Waals surface area contributed by atoms with E-state index in [0.717, 1.165) is 13.2 Å². The molecule has 2 aromatic rings. The lowest BCUT2D eigenvalue weighted by molar-refractivity contribution is 0.0313. The zero-order valence-corrected chi connectivity index (χ0v) is 14.4. The van der Waals surface area contributed by atoms with Crippen molar-refractivity contribution in [2.24, 2.45) is 0 Å². The van der Waals surface area contributed by atoms with E-state index in [1.807, 2.05) is 38.1 Å². The Hall–Kier alpha value is -2.23. The van der Waals surface area contributed by atoms with Crippen LogP contribution in [0, 0.1) is 0 Å². The maximum atomic E-state index is 12.6. The number of carbonyl (C=O) groups is 1. The van der Waals surface area contributed by atoms with E-state index in [2.05, 4.69) is 6.58 Å². The maximum absolute atomic E-state index is 12.6. The van der Waals surface area contributed by atoms with Gasteiger partial charge in [0.2, 0.25) is 0 Å². The van der Waals surface area contributed by atoms with E-state index in [4.69, 9.17) is 4.74 Å². The Balaban J connectivity index is 0.000000505. The number of aliphatic hydroxyl groups is 1. The summed E-state index contributed by atoms with van der Waals surface area (Å²) in [7, 11) is 0. The minimum absolute atomic E-state index is 0.185. The molecule has 24 heavy (non-hydrogen) atoms. The first-order valence-electron chi connectivity index (χ1n) is 8.16. The van der Waals surface area contributed by atoms with Crippen molar-refractivity contribution in [2.75, 3.05) is 13.2 Å². The first kappa shape index (κ1) is 19.8. The molecule has 0 aliphatic carbocycles. The second kappa shape index (κ2) is 10.5. The van der Waals surface area contributed by atoms with E-state index in [-0.39, 0.29) is 12.2 Å². The van der Waals surface area contributed by atoms with Gasteiger partial charge in [-0.15, -0.1) is 6.58 Å². The van der Waals surface area contributed by atoms with Crippen LogP contribution in [0.5, 0.6) is 0 Å². The highest BCUT2D eigenvalue weighted by Gasteiger charge is 2.36. The second-order valence-corrected chi connectivity index (χ2v) is 5.20. The van der Waals surface area contributed by atoms with Gasteiger partial charge in [-0.1, -0.05) is 66.7 Å². The van der Waals surface area contributed by atoms with Gasteiger partial charge in [-0.05, 0) is 19.4 Å². The summed E-state index contributed by atoms with van der Waals surface area (Å²) in [5, 5.41) is 10.8. The number of ether oxygens (including phenoxy) is 1. The Morgan fingerprint density at radius 1 is 1.04 bits per heavy atom. The zero-order valence-electron chi connectivity index (χ0n) is 14.4. The van der Waals surface area contributed by atoms with Crippen LogP contribution in [0.2, 0.25) is 0 Å². The number of carbonyl (C=O) groups excluding carboxylic acids is 1. The fraction of sp³-hybridized carbons (Fsp3) is 0.286. The first-order valence-corrected chi connectivity index (χ1v) is 8.16. The van der Waals surface area contributed by atoms with E-state index >= 15 is 0 Å². The van der Waals surface area contributed by atoms with Gasteiger partial charge in [-0.25, -0.2) is 0 Å². The van der Waals surface area contributed by atoms with Gasteiger partial charge < -0.3 is 9.84 Å². The fourth-order valence-electron chi connectivity index (χ4n) is 2.30. The van der Waals surface area contributed by atoms with Crippen LogP contribution in [-0.2, 0) is 10.3 Å². The molecule has 0 aliphatic rings. The molecule has 0 bridgehead atoms. The van der Waals surface area contributed by atoms with Crippen LogP contribution in [0.4, 0.5) is 0 Å². The van der Waals surface area contributed by atoms with E-state index in [0.29, 0.717) is 11.1 Å². The van der Waals surface area contributed by atoms with Gasteiger partial charge in [0.1, 0.15) is 0 Å². The Labute approximate surface area is 144 Å². The molecule has 0 saturated carbocycles. The third-order valence-electron chi connectivity index (χ3n) is 3.51. The van der Waals surface area contributed by atoms with Crippen molar-refractivity contribution in [3.63, 3.8) is 0 Å². The van der Waals surface area contributed by atoms with Gasteiger partial charge >= 0.3 is 0 Å². The van der Waals surface area contributed by atoms with Gasteiger partial charge in [0, 0.05) is 25.2 Å². The Morgan fingerprint density at radius 2 is 1.54 bits per heavy atom. The molecular formula is C21H26O3. The molecule has 0 radical (unpaired) electrons. The van der Waals surface area contributed by atoms with Crippen molar-refractivity contribution < 1.29 is 14.6 Å². The molecular weight excluding hydrogens is 300 g/mol. The third kappa shape index (κ3) is 5.44. The summed E-state index contributed by atoms with van der Waals surface area (Å²) in [4.78, 5) is 12.6. The molecule has 1 unspecified atom stereocenters. The number of benzene rings is 2. The summed E-state index contributed by atoms with van der Waals surface area (Å²) in [6, 6.07) is 17.8. The van der Waals surface area contributed by atoms with Crippen molar-refractivity contribution in [1.82, 2.24) is 0 Å². The largest absolute Gasteiger partial charge is 0.382 e. The molecule has 128 valence electrons. The Kier molecular flexibility index (Phi) is 8.69. The average molecular weight is 326 g/mol. The smallest absolute Gasteiger partial charge is 0.199 e. The van der Waals surface area contributed by atoms with Crippen LogP contribution < -0.4 is 0 Å². The minimum atomic E-state index is -1.55. The quantitative estimate of drug-likeness (QED) is 0.607. The van der Waals surface area contributed by atoms with Gasteiger partial charge in [-0.2, -0.15) is 0 Å². The van der Waals surface area contributed by atoms with Crippen molar-refractivity contribution in [3.05, 3.63) is 84.4 Å². The lowest BCUT2D eigenvalue weighted by atomic mass is 9.83. The lowest BCUT2D eigenvalue weighted by Crippen LogP contribution is -2.35. The molecule has 0 aromatic heterocycles. The van der Waals surface area contributed by atoms with Crippen LogP contribution in [0.3, 0.4) is 0 Å². The molecule has 0 heterocycles. The van der Waals surface area contributed by atoms with Crippen molar-refractivity contribution in [1.29, 1.82) is 0 Å². The average Bonchev–Trinajstić information content (AvgIpc) is 2.64. The van der Waals surface area contributed by atoms with Crippen molar-refractivity contribution in [2.45, 2.75) is 25.9 Å². The van der Waals surface area contributed by atoms with Crippen molar-refractivity contribution in [3.8, 4) is 0 Å². The third-order valence-corrected chi connectivity index (χ3v) is 3.51. The summed E-state index contributed by atoms with van der Waals surface area (Å²) in [5.41, 5.74) is -0.468. The summed E-state index contributed by atoms with van der Waals surface area (Å²) >= 11 is 0. The van der Waals surface area contributed by atoms with Crippen molar-refractivity contribution >= 4 is 5.78 Å². The molecule has 2 aromatic carbocycles. The summed E-state index contributed by atoms with van der Waals surface area (Å²) < 4.78 is 4.83. The second-order valence-electron chi connectivity index (χ2n) is 5.20. The summed E-state index contributed by atoms with van der Waals surface area (Å²) in [6.07, 6.45) is 1.75. The number of rotatable bonds is 7. The Bertz CT molecular complexity index is 605. The molecule has 0 amide bonds. The van der Waals surface area contributed by atoms with Crippen LogP contribution in [-0.4, -0.2) is 24.1 Å². The van der Waals surface area contributed by atoms with Gasteiger partial charge in [0.25, 0.3) is 0 Å². The van der Waals surface area contributed by atoms with Crippen LogP contribution >= 0.6 is 0 Å². The zero-order chi connectivity index (χ0) is 17.8. The SMILES string of the molecule is C=CCC(O)(C(=O)c1ccccc1)c1ccccc1.CCOCC. The van der Waals surface area contributed by atoms with Gasteiger partial charge in [0.15, 0.2) is 11.4 Å². The number of ketones is 1. The van der Waals surface area contributed by atoms with Crippen LogP contribution in [0.15, 0.2) is 73.3 Å². The predicted octanol–water partition coefficient (Wildman–Crippen LogP) is 4.38. The minimum Gasteiger partial charge on any atom is -0.382 e. The molecule has 0 spiro atoms. The monoisotopic (exact) mass is 326 g/mol. The molecule has 0 fully saturated rings. The highest BCUT2D eigenvalue weighted by atomic mass is 16.5. The van der Waals surface area contributed by atoms with Crippen LogP contribution in [0.25, 0.3) is 0 Å².